The van der Waals surface area contributed by atoms with Gasteiger partial charge in [-0.2, -0.15) is 0 Å². The Labute approximate surface area is 145 Å². The van der Waals surface area contributed by atoms with E-state index in [9.17, 15) is 0 Å². The predicted molar refractivity (Wildman–Crippen MR) is 93.7 cm³/mol. The maximum Gasteiger partial charge on any atom is 0.170 e. The van der Waals surface area contributed by atoms with Crippen LogP contribution in [0.25, 0.3) is 5.00 Å². The van der Waals surface area contributed by atoms with Crippen molar-refractivity contribution in [1.29, 1.82) is 0 Å². The Kier molecular flexibility index (Phi) is 3.00. The van der Waals surface area contributed by atoms with E-state index < -0.39 is 0 Å². The van der Waals surface area contributed by atoms with E-state index in [-0.39, 0.29) is 5.60 Å². The van der Waals surface area contributed by atoms with E-state index in [1.165, 1.54) is 26.6 Å². The van der Waals surface area contributed by atoms with E-state index in [1.807, 2.05) is 18.3 Å². The van der Waals surface area contributed by atoms with Gasteiger partial charge in [0.05, 0.1) is 6.61 Å². The number of benzene rings is 1. The number of fused-ring (bicyclic) bond motifs is 4. The number of hydrogen-bond donors (Lipinski definition) is 0. The molecule has 0 bridgehead atoms. The quantitative estimate of drug-likeness (QED) is 0.708. The molecule has 0 radical (unpaired) electrons. The number of rotatable bonds is 2. The lowest BCUT2D eigenvalue weighted by atomic mass is 10.0. The summed E-state index contributed by atoms with van der Waals surface area (Å²) >= 11 is 1.84. The van der Waals surface area contributed by atoms with Gasteiger partial charge in [0.2, 0.25) is 0 Å². The van der Waals surface area contributed by atoms with Crippen LogP contribution in [0.2, 0.25) is 0 Å². The van der Waals surface area contributed by atoms with Crippen LogP contribution >= 0.6 is 11.3 Å². The zero-order valence-electron chi connectivity index (χ0n) is 13.9. The monoisotopic (exact) mass is 337 g/mol. The molecule has 3 aromatic rings. The number of hydrogen-bond acceptors (Lipinski definition) is 4. The SMILES string of the molecule is Cc1sc2c(c1Cc1ccccc1)COC1(CC1)c1nnc(C)n1-2. The van der Waals surface area contributed by atoms with Crippen LogP contribution in [0.5, 0.6) is 0 Å². The number of aromatic nitrogens is 3. The van der Waals surface area contributed by atoms with Crippen molar-refractivity contribution in [2.45, 2.75) is 45.3 Å². The maximum absolute atomic E-state index is 6.34. The van der Waals surface area contributed by atoms with Crippen LogP contribution in [0.3, 0.4) is 0 Å². The van der Waals surface area contributed by atoms with E-state index in [2.05, 4.69) is 52.0 Å². The van der Waals surface area contributed by atoms with Crippen molar-refractivity contribution in [3.63, 3.8) is 0 Å². The van der Waals surface area contributed by atoms with Crippen molar-refractivity contribution in [3.8, 4) is 5.00 Å². The molecule has 0 amide bonds. The van der Waals surface area contributed by atoms with Gasteiger partial charge in [0.25, 0.3) is 0 Å². The van der Waals surface area contributed by atoms with Crippen LogP contribution < -0.4 is 0 Å². The van der Waals surface area contributed by atoms with Crippen LogP contribution in [-0.2, 0) is 23.4 Å². The minimum atomic E-state index is -0.197. The highest BCUT2D eigenvalue weighted by atomic mass is 32.1. The molecule has 5 rings (SSSR count). The molecule has 0 N–H and O–H groups in total. The molecule has 3 heterocycles. The predicted octanol–water partition coefficient (Wildman–Crippen LogP) is 4.06. The lowest BCUT2D eigenvalue weighted by Gasteiger charge is -2.12. The van der Waals surface area contributed by atoms with Gasteiger partial charge < -0.3 is 4.74 Å². The lowest BCUT2D eigenvalue weighted by molar-refractivity contribution is 0.0134. The molecule has 0 atom stereocenters. The summed E-state index contributed by atoms with van der Waals surface area (Å²) in [5.74, 6) is 1.95. The lowest BCUT2D eigenvalue weighted by Crippen LogP contribution is -2.15. The Bertz CT molecular complexity index is 922. The first-order valence-electron chi connectivity index (χ1n) is 8.40. The molecule has 0 saturated heterocycles. The molecule has 5 heteroatoms. The van der Waals surface area contributed by atoms with Gasteiger partial charge in [-0.1, -0.05) is 30.3 Å². The first-order chi connectivity index (χ1) is 11.7. The van der Waals surface area contributed by atoms with E-state index in [4.69, 9.17) is 4.74 Å². The molecule has 2 aromatic heterocycles. The summed E-state index contributed by atoms with van der Waals surface area (Å²) in [6.45, 7) is 4.92. The average Bonchev–Trinajstić information content (AvgIpc) is 3.22. The number of ether oxygens (including phenoxy) is 1. The molecule has 1 spiro atoms. The normalized spacial score (nSPS) is 17.4. The van der Waals surface area contributed by atoms with Crippen LogP contribution in [0.4, 0.5) is 0 Å². The second-order valence-electron chi connectivity index (χ2n) is 6.77. The van der Waals surface area contributed by atoms with Gasteiger partial charge in [-0.3, -0.25) is 4.57 Å². The Morgan fingerprint density at radius 3 is 2.71 bits per heavy atom. The van der Waals surface area contributed by atoms with Gasteiger partial charge in [0, 0.05) is 10.4 Å². The summed E-state index contributed by atoms with van der Waals surface area (Å²) < 4.78 is 8.58. The highest BCUT2D eigenvalue weighted by Gasteiger charge is 2.52. The van der Waals surface area contributed by atoms with E-state index in [1.54, 1.807) is 0 Å². The molecule has 4 nitrogen and oxygen atoms in total. The molecule has 1 saturated carbocycles. The first kappa shape index (κ1) is 14.4. The highest BCUT2D eigenvalue weighted by molar-refractivity contribution is 7.14. The van der Waals surface area contributed by atoms with Crippen molar-refractivity contribution in [3.05, 3.63) is 63.5 Å². The molecule has 122 valence electrons. The zero-order valence-corrected chi connectivity index (χ0v) is 14.7. The molecule has 1 fully saturated rings. The van der Waals surface area contributed by atoms with Gasteiger partial charge in [-0.25, -0.2) is 0 Å². The molecule has 1 aliphatic heterocycles. The van der Waals surface area contributed by atoms with Gasteiger partial charge in [-0.05, 0) is 44.2 Å². The average molecular weight is 337 g/mol. The van der Waals surface area contributed by atoms with Crippen LogP contribution in [0, 0.1) is 13.8 Å². The van der Waals surface area contributed by atoms with E-state index in [0.29, 0.717) is 6.61 Å². The summed E-state index contributed by atoms with van der Waals surface area (Å²) in [6.07, 6.45) is 3.05. The minimum Gasteiger partial charge on any atom is -0.362 e. The molecule has 1 aliphatic carbocycles. The smallest absolute Gasteiger partial charge is 0.170 e. The van der Waals surface area contributed by atoms with Crippen molar-refractivity contribution < 1.29 is 4.74 Å². The zero-order chi connectivity index (χ0) is 16.3. The van der Waals surface area contributed by atoms with Crippen molar-refractivity contribution in [2.75, 3.05) is 0 Å². The van der Waals surface area contributed by atoms with Crippen molar-refractivity contribution >= 4 is 11.3 Å². The maximum atomic E-state index is 6.34. The number of nitrogens with zero attached hydrogens (tertiary/aromatic N) is 3. The number of thiophene rings is 1. The molecule has 1 aromatic carbocycles. The van der Waals surface area contributed by atoms with Crippen LogP contribution in [0.15, 0.2) is 30.3 Å². The fraction of sp³-hybridized carbons (Fsp3) is 0.368. The largest absolute Gasteiger partial charge is 0.362 e. The Hall–Kier alpha value is -1.98. The standard InChI is InChI=1S/C19H19N3OS/c1-12-15(10-14-6-4-3-5-7-14)16-11-23-19(8-9-19)18-21-20-13(2)22(18)17(16)24-12/h3-7H,8-11H2,1-2H3. The summed E-state index contributed by atoms with van der Waals surface area (Å²) in [4.78, 5) is 1.36. The molecule has 24 heavy (non-hydrogen) atoms. The van der Waals surface area contributed by atoms with Crippen molar-refractivity contribution in [2.24, 2.45) is 0 Å². The molecule has 2 aliphatic rings. The Morgan fingerprint density at radius 2 is 1.96 bits per heavy atom. The third-order valence-corrected chi connectivity index (χ3v) is 6.33. The highest BCUT2D eigenvalue weighted by Crippen LogP contribution is 2.52. The fourth-order valence-electron chi connectivity index (χ4n) is 3.63. The topological polar surface area (TPSA) is 39.9 Å². The van der Waals surface area contributed by atoms with Crippen LogP contribution in [-0.4, -0.2) is 14.8 Å². The second-order valence-corrected chi connectivity index (χ2v) is 7.98. The minimum absolute atomic E-state index is 0.197. The molecular weight excluding hydrogens is 318 g/mol. The fourth-order valence-corrected chi connectivity index (χ4v) is 4.85. The van der Waals surface area contributed by atoms with E-state index in [0.717, 1.165) is 30.9 Å². The Morgan fingerprint density at radius 1 is 1.17 bits per heavy atom. The number of aryl methyl sites for hydroxylation is 2. The van der Waals surface area contributed by atoms with Gasteiger partial charge in [-0.15, -0.1) is 21.5 Å². The van der Waals surface area contributed by atoms with E-state index >= 15 is 0 Å². The third kappa shape index (κ3) is 2.01. The second kappa shape index (κ2) is 5.01. The molecule has 0 unspecified atom stereocenters. The van der Waals surface area contributed by atoms with Crippen molar-refractivity contribution in [1.82, 2.24) is 14.8 Å². The molecular formula is C19H19N3OS. The summed E-state index contributed by atoms with van der Waals surface area (Å²) in [5, 5.41) is 10.0. The summed E-state index contributed by atoms with van der Waals surface area (Å²) in [6, 6.07) is 10.7. The van der Waals surface area contributed by atoms with Gasteiger partial charge in [0.15, 0.2) is 5.82 Å². The summed E-state index contributed by atoms with van der Waals surface area (Å²) in [7, 11) is 0. The first-order valence-corrected chi connectivity index (χ1v) is 9.21. The summed E-state index contributed by atoms with van der Waals surface area (Å²) in [5.41, 5.74) is 3.86. The van der Waals surface area contributed by atoms with Crippen LogP contribution in [0.1, 0.15) is 46.1 Å². The van der Waals surface area contributed by atoms with Gasteiger partial charge in [0.1, 0.15) is 16.4 Å². The Balaban J connectivity index is 1.66. The van der Waals surface area contributed by atoms with Gasteiger partial charge >= 0.3 is 0 Å². The third-order valence-electron chi connectivity index (χ3n) is 5.15.